The largest absolute Gasteiger partial charge is 0.316 e. The topological polar surface area (TPSA) is 12.0 Å². The Labute approximate surface area is 115 Å². The van der Waals surface area contributed by atoms with Gasteiger partial charge in [0.1, 0.15) is 0 Å². The van der Waals surface area contributed by atoms with Crippen LogP contribution in [0, 0.1) is 17.3 Å². The molecule has 1 saturated carbocycles. The van der Waals surface area contributed by atoms with Crippen LogP contribution in [0.15, 0.2) is 0 Å². The molecule has 1 aliphatic rings. The van der Waals surface area contributed by atoms with Gasteiger partial charge < -0.3 is 5.32 Å². The second-order valence-electron chi connectivity index (χ2n) is 6.78. The highest BCUT2D eigenvalue weighted by Crippen LogP contribution is 2.42. The van der Waals surface area contributed by atoms with E-state index in [2.05, 4.69) is 33.0 Å². The monoisotopic (exact) mass is 253 g/mol. The highest BCUT2D eigenvalue weighted by atomic mass is 14.9. The second kappa shape index (κ2) is 8.19. The molecule has 0 unspecified atom stereocenters. The molecular weight excluding hydrogens is 218 g/mol. The van der Waals surface area contributed by atoms with E-state index in [4.69, 9.17) is 0 Å². The highest BCUT2D eigenvalue weighted by molar-refractivity contribution is 4.87. The van der Waals surface area contributed by atoms with Crippen LogP contribution >= 0.6 is 0 Å². The van der Waals surface area contributed by atoms with E-state index >= 15 is 0 Å². The van der Waals surface area contributed by atoms with E-state index in [1.165, 1.54) is 64.5 Å². The molecule has 1 nitrogen and oxygen atoms in total. The Bertz CT molecular complexity index is 198. The van der Waals surface area contributed by atoms with E-state index in [1.54, 1.807) is 0 Å². The molecule has 0 amide bonds. The molecule has 0 atom stereocenters. The molecule has 1 aliphatic carbocycles. The molecule has 0 aromatic heterocycles. The van der Waals surface area contributed by atoms with Crippen molar-refractivity contribution in [2.45, 2.75) is 79.1 Å². The maximum absolute atomic E-state index is 3.75. The van der Waals surface area contributed by atoms with E-state index in [-0.39, 0.29) is 0 Å². The molecule has 1 rings (SSSR count). The average Bonchev–Trinajstić information content (AvgIpc) is 2.64. The molecule has 0 aromatic rings. The highest BCUT2D eigenvalue weighted by Gasteiger charge is 2.35. The molecule has 1 heteroatoms. The van der Waals surface area contributed by atoms with E-state index < -0.39 is 0 Å². The molecule has 1 N–H and O–H groups in total. The van der Waals surface area contributed by atoms with Crippen molar-refractivity contribution < 1.29 is 0 Å². The lowest BCUT2D eigenvalue weighted by molar-refractivity contribution is 0.121. The second-order valence-corrected chi connectivity index (χ2v) is 6.78. The predicted octanol–water partition coefficient (Wildman–Crippen LogP) is 5.01. The van der Waals surface area contributed by atoms with Crippen molar-refractivity contribution in [1.82, 2.24) is 5.32 Å². The van der Waals surface area contributed by atoms with Crippen molar-refractivity contribution in [1.29, 1.82) is 0 Å². The summed E-state index contributed by atoms with van der Waals surface area (Å²) in [5.41, 5.74) is 0.569. The summed E-state index contributed by atoms with van der Waals surface area (Å²) < 4.78 is 0. The minimum atomic E-state index is 0.569. The van der Waals surface area contributed by atoms with E-state index in [1.807, 2.05) is 0 Å². The summed E-state index contributed by atoms with van der Waals surface area (Å²) in [6, 6.07) is 0. The van der Waals surface area contributed by atoms with Gasteiger partial charge in [-0.05, 0) is 49.5 Å². The van der Waals surface area contributed by atoms with Gasteiger partial charge in [-0.1, -0.05) is 53.4 Å². The lowest BCUT2D eigenvalue weighted by Gasteiger charge is -2.40. The first-order valence-corrected chi connectivity index (χ1v) is 8.35. The van der Waals surface area contributed by atoms with Crippen LogP contribution in [-0.2, 0) is 0 Å². The Hall–Kier alpha value is -0.0400. The Morgan fingerprint density at radius 2 is 1.56 bits per heavy atom. The predicted molar refractivity (Wildman–Crippen MR) is 81.9 cm³/mol. The molecule has 18 heavy (non-hydrogen) atoms. The molecule has 0 saturated heterocycles. The molecule has 1 fully saturated rings. The summed E-state index contributed by atoms with van der Waals surface area (Å²) in [4.78, 5) is 0. The van der Waals surface area contributed by atoms with E-state index in [9.17, 15) is 0 Å². The fourth-order valence-electron chi connectivity index (χ4n) is 3.72. The fraction of sp³-hybridized carbons (Fsp3) is 1.00. The Morgan fingerprint density at radius 1 is 1.00 bits per heavy atom. The minimum absolute atomic E-state index is 0.569. The van der Waals surface area contributed by atoms with Gasteiger partial charge in [0.05, 0.1) is 0 Å². The zero-order valence-electron chi connectivity index (χ0n) is 13.2. The number of hydrogen-bond acceptors (Lipinski definition) is 1. The van der Waals surface area contributed by atoms with Crippen molar-refractivity contribution in [3.8, 4) is 0 Å². The van der Waals surface area contributed by atoms with Crippen molar-refractivity contribution >= 4 is 0 Å². The van der Waals surface area contributed by atoms with Gasteiger partial charge in [-0.3, -0.25) is 0 Å². The third-order valence-corrected chi connectivity index (χ3v) is 5.16. The van der Waals surface area contributed by atoms with Crippen molar-refractivity contribution in [2.24, 2.45) is 17.3 Å². The molecule has 0 spiro atoms. The van der Waals surface area contributed by atoms with Crippen LogP contribution in [0.5, 0.6) is 0 Å². The average molecular weight is 253 g/mol. The van der Waals surface area contributed by atoms with E-state index in [0.29, 0.717) is 5.41 Å². The molecule has 0 bridgehead atoms. The number of nitrogens with one attached hydrogen (secondary N) is 1. The lowest BCUT2D eigenvalue weighted by atomic mass is 9.68. The maximum atomic E-state index is 3.75. The minimum Gasteiger partial charge on any atom is -0.316 e. The third kappa shape index (κ3) is 4.57. The van der Waals surface area contributed by atoms with Crippen molar-refractivity contribution in [3.63, 3.8) is 0 Å². The Balaban J connectivity index is 2.58. The van der Waals surface area contributed by atoms with Gasteiger partial charge in [-0.15, -0.1) is 0 Å². The summed E-state index contributed by atoms with van der Waals surface area (Å²) in [7, 11) is 0. The summed E-state index contributed by atoms with van der Waals surface area (Å²) in [5, 5.41) is 3.75. The SMILES string of the molecule is CCC(CC)(CNCC(C)C)C1CCCCCC1. The third-order valence-electron chi connectivity index (χ3n) is 5.16. The first kappa shape index (κ1) is 16.0. The number of hydrogen-bond donors (Lipinski definition) is 1. The van der Waals surface area contributed by atoms with Crippen molar-refractivity contribution in [3.05, 3.63) is 0 Å². The first-order chi connectivity index (χ1) is 8.64. The lowest BCUT2D eigenvalue weighted by Crippen LogP contribution is -2.40. The van der Waals surface area contributed by atoms with Gasteiger partial charge >= 0.3 is 0 Å². The summed E-state index contributed by atoms with van der Waals surface area (Å²) in [6.45, 7) is 11.8. The standard InChI is InChI=1S/C17H35N/c1-5-17(6-2,14-18-13-15(3)4)16-11-9-7-8-10-12-16/h15-16,18H,5-14H2,1-4H3. The van der Waals surface area contributed by atoms with Crippen LogP contribution < -0.4 is 5.32 Å². The van der Waals surface area contributed by atoms with Gasteiger partial charge in [0.15, 0.2) is 0 Å². The summed E-state index contributed by atoms with van der Waals surface area (Å²) in [5.74, 6) is 1.74. The normalized spacial score (nSPS) is 19.2. The summed E-state index contributed by atoms with van der Waals surface area (Å²) >= 11 is 0. The summed E-state index contributed by atoms with van der Waals surface area (Å²) in [6.07, 6.45) is 11.5. The molecule has 0 aliphatic heterocycles. The molecule has 108 valence electrons. The van der Waals surface area contributed by atoms with Crippen LogP contribution in [0.1, 0.15) is 79.1 Å². The van der Waals surface area contributed by atoms with Crippen LogP contribution in [0.25, 0.3) is 0 Å². The smallest absolute Gasteiger partial charge is 0.00104 e. The van der Waals surface area contributed by atoms with Crippen LogP contribution in [0.3, 0.4) is 0 Å². The Morgan fingerprint density at radius 3 is 2.00 bits per heavy atom. The Kier molecular flexibility index (Phi) is 7.29. The molecule has 0 aromatic carbocycles. The quantitative estimate of drug-likeness (QED) is 0.629. The van der Waals surface area contributed by atoms with E-state index in [0.717, 1.165) is 11.8 Å². The van der Waals surface area contributed by atoms with Crippen LogP contribution in [0.2, 0.25) is 0 Å². The maximum Gasteiger partial charge on any atom is 0.00104 e. The zero-order valence-corrected chi connectivity index (χ0v) is 13.2. The van der Waals surface area contributed by atoms with Gasteiger partial charge in [0.2, 0.25) is 0 Å². The molecule has 0 radical (unpaired) electrons. The van der Waals surface area contributed by atoms with Gasteiger partial charge in [0, 0.05) is 6.54 Å². The van der Waals surface area contributed by atoms with Gasteiger partial charge in [-0.25, -0.2) is 0 Å². The van der Waals surface area contributed by atoms with Crippen LogP contribution in [0.4, 0.5) is 0 Å². The van der Waals surface area contributed by atoms with Gasteiger partial charge in [0.25, 0.3) is 0 Å². The van der Waals surface area contributed by atoms with Gasteiger partial charge in [-0.2, -0.15) is 0 Å². The molecular formula is C17H35N. The first-order valence-electron chi connectivity index (χ1n) is 8.35. The van der Waals surface area contributed by atoms with Crippen molar-refractivity contribution in [2.75, 3.05) is 13.1 Å². The zero-order chi connectivity index (χ0) is 13.4. The van der Waals surface area contributed by atoms with Crippen LogP contribution in [-0.4, -0.2) is 13.1 Å². The molecule has 0 heterocycles. The fourth-order valence-corrected chi connectivity index (χ4v) is 3.72. The number of rotatable bonds is 7.